The summed E-state index contributed by atoms with van der Waals surface area (Å²) < 4.78 is 21.1. The van der Waals surface area contributed by atoms with Crippen LogP contribution in [0.25, 0.3) is 6.08 Å². The lowest BCUT2D eigenvalue weighted by Crippen LogP contribution is -2.24. The number of carbonyl (C=O) groups is 1. The summed E-state index contributed by atoms with van der Waals surface area (Å²) in [5.41, 5.74) is 0.705. The highest BCUT2D eigenvalue weighted by Gasteiger charge is 2.12. The van der Waals surface area contributed by atoms with E-state index in [1.165, 1.54) is 6.08 Å². The van der Waals surface area contributed by atoms with Crippen molar-refractivity contribution < 1.29 is 23.4 Å². The van der Waals surface area contributed by atoms with Gasteiger partial charge in [0.15, 0.2) is 11.5 Å². The van der Waals surface area contributed by atoms with Crippen molar-refractivity contribution in [3.63, 3.8) is 0 Å². The Bertz CT molecular complexity index is 706. The van der Waals surface area contributed by atoms with Crippen LogP contribution in [-0.2, 0) is 4.79 Å². The summed E-state index contributed by atoms with van der Waals surface area (Å²) in [6, 6.07) is 6.83. The second kappa shape index (κ2) is 8.10. The lowest BCUT2D eigenvalue weighted by molar-refractivity contribution is -0.117. The van der Waals surface area contributed by atoms with Crippen molar-refractivity contribution in [3.8, 4) is 17.2 Å². The molecule has 0 spiro atoms. The summed E-state index contributed by atoms with van der Waals surface area (Å²) in [6.07, 6.45) is 4.66. The number of carbonyl (C=O) groups excluding carboxylic acids is 1. The Morgan fingerprint density at radius 3 is 2.38 bits per heavy atom. The van der Waals surface area contributed by atoms with Crippen LogP contribution in [0.3, 0.4) is 0 Å². The first-order chi connectivity index (χ1) is 11.6. The number of rotatable bonds is 7. The average molecular weight is 331 g/mol. The third-order valence-electron chi connectivity index (χ3n) is 3.48. The van der Waals surface area contributed by atoms with Gasteiger partial charge in [-0.15, -0.1) is 0 Å². The molecule has 0 aliphatic carbocycles. The van der Waals surface area contributed by atoms with Crippen LogP contribution < -0.4 is 19.5 Å². The van der Waals surface area contributed by atoms with E-state index in [1.54, 1.807) is 51.9 Å². The van der Waals surface area contributed by atoms with Crippen LogP contribution in [0.4, 0.5) is 0 Å². The molecule has 1 aromatic carbocycles. The summed E-state index contributed by atoms with van der Waals surface area (Å²) >= 11 is 0. The maximum Gasteiger partial charge on any atom is 0.244 e. The van der Waals surface area contributed by atoms with Gasteiger partial charge in [0.1, 0.15) is 11.5 Å². The molecule has 6 heteroatoms. The molecule has 6 nitrogen and oxygen atoms in total. The third-order valence-corrected chi connectivity index (χ3v) is 3.48. The quantitative estimate of drug-likeness (QED) is 0.789. The van der Waals surface area contributed by atoms with Crippen molar-refractivity contribution in [2.45, 2.75) is 13.0 Å². The fourth-order valence-corrected chi connectivity index (χ4v) is 2.22. The molecule has 0 aliphatic rings. The summed E-state index contributed by atoms with van der Waals surface area (Å²) in [5.74, 6) is 2.15. The van der Waals surface area contributed by atoms with Gasteiger partial charge in [0.25, 0.3) is 0 Å². The SMILES string of the molecule is COc1cc(OC)c(OC)cc1/C=C/C(=O)N[C@@H](C)c1ccco1. The third kappa shape index (κ3) is 4.10. The second-order valence-corrected chi connectivity index (χ2v) is 5.03. The molecular formula is C18H21NO5. The van der Waals surface area contributed by atoms with Gasteiger partial charge < -0.3 is 23.9 Å². The minimum absolute atomic E-state index is 0.218. The molecule has 24 heavy (non-hydrogen) atoms. The van der Waals surface area contributed by atoms with Crippen LogP contribution in [0.2, 0.25) is 0 Å². The highest BCUT2D eigenvalue weighted by Crippen LogP contribution is 2.35. The zero-order valence-corrected chi connectivity index (χ0v) is 14.2. The molecule has 0 unspecified atom stereocenters. The van der Waals surface area contributed by atoms with E-state index >= 15 is 0 Å². The summed E-state index contributed by atoms with van der Waals surface area (Å²) in [4.78, 5) is 12.1. The van der Waals surface area contributed by atoms with Crippen molar-refractivity contribution in [2.24, 2.45) is 0 Å². The van der Waals surface area contributed by atoms with Gasteiger partial charge in [-0.3, -0.25) is 4.79 Å². The number of amides is 1. The van der Waals surface area contributed by atoms with Crippen molar-refractivity contribution in [1.29, 1.82) is 0 Å². The first-order valence-corrected chi connectivity index (χ1v) is 7.41. The predicted octanol–water partition coefficient (Wildman–Crippen LogP) is 3.20. The zero-order chi connectivity index (χ0) is 17.5. The highest BCUT2D eigenvalue weighted by atomic mass is 16.5. The Morgan fingerprint density at radius 2 is 1.79 bits per heavy atom. The molecule has 0 radical (unpaired) electrons. The molecule has 128 valence electrons. The van der Waals surface area contributed by atoms with E-state index in [9.17, 15) is 4.79 Å². The molecule has 1 atom stereocenters. The van der Waals surface area contributed by atoms with E-state index in [0.29, 0.717) is 28.6 Å². The molecule has 1 aromatic heterocycles. The topological polar surface area (TPSA) is 69.9 Å². The summed E-state index contributed by atoms with van der Waals surface area (Å²) in [5, 5.41) is 2.82. The molecule has 2 aromatic rings. The van der Waals surface area contributed by atoms with E-state index in [4.69, 9.17) is 18.6 Å². The summed E-state index contributed by atoms with van der Waals surface area (Å²) in [6.45, 7) is 1.85. The molecule has 0 bridgehead atoms. The molecule has 1 N–H and O–H groups in total. The lowest BCUT2D eigenvalue weighted by Gasteiger charge is -2.12. The van der Waals surface area contributed by atoms with Gasteiger partial charge >= 0.3 is 0 Å². The normalized spacial score (nSPS) is 12.0. The first-order valence-electron chi connectivity index (χ1n) is 7.41. The molecule has 0 saturated heterocycles. The van der Waals surface area contributed by atoms with E-state index in [0.717, 1.165) is 0 Å². The molecule has 0 saturated carbocycles. The Kier molecular flexibility index (Phi) is 5.89. The zero-order valence-electron chi connectivity index (χ0n) is 14.2. The Balaban J connectivity index is 2.14. The lowest BCUT2D eigenvalue weighted by atomic mass is 10.1. The fraction of sp³-hybridized carbons (Fsp3) is 0.278. The Morgan fingerprint density at radius 1 is 1.12 bits per heavy atom. The van der Waals surface area contributed by atoms with Crippen molar-refractivity contribution in [1.82, 2.24) is 5.32 Å². The molecule has 1 heterocycles. The maximum atomic E-state index is 12.1. The van der Waals surface area contributed by atoms with Crippen LogP contribution >= 0.6 is 0 Å². The van der Waals surface area contributed by atoms with Gasteiger partial charge in [-0.1, -0.05) is 0 Å². The summed E-state index contributed by atoms with van der Waals surface area (Å²) in [7, 11) is 4.66. The van der Waals surface area contributed by atoms with Crippen LogP contribution in [0.1, 0.15) is 24.3 Å². The number of nitrogens with one attached hydrogen (secondary N) is 1. The molecule has 0 aliphatic heterocycles. The number of furan rings is 1. The smallest absolute Gasteiger partial charge is 0.244 e. The van der Waals surface area contributed by atoms with Crippen molar-refractivity contribution in [3.05, 3.63) is 47.9 Å². The van der Waals surface area contributed by atoms with Gasteiger partial charge in [-0.05, 0) is 31.2 Å². The van der Waals surface area contributed by atoms with Gasteiger partial charge in [-0.2, -0.15) is 0 Å². The van der Waals surface area contributed by atoms with Crippen LogP contribution in [0, 0.1) is 0 Å². The van der Waals surface area contributed by atoms with E-state index < -0.39 is 0 Å². The van der Waals surface area contributed by atoms with Gasteiger partial charge in [-0.25, -0.2) is 0 Å². The molecular weight excluding hydrogens is 310 g/mol. The van der Waals surface area contributed by atoms with E-state index in [1.807, 2.05) is 13.0 Å². The fourth-order valence-electron chi connectivity index (χ4n) is 2.22. The van der Waals surface area contributed by atoms with Crippen molar-refractivity contribution >= 4 is 12.0 Å². The predicted molar refractivity (Wildman–Crippen MR) is 90.4 cm³/mol. The molecule has 1 amide bonds. The maximum absolute atomic E-state index is 12.1. The van der Waals surface area contributed by atoms with Crippen LogP contribution in [-0.4, -0.2) is 27.2 Å². The minimum atomic E-state index is -0.240. The average Bonchev–Trinajstić information content (AvgIpc) is 3.13. The van der Waals surface area contributed by atoms with Gasteiger partial charge in [0.05, 0.1) is 33.6 Å². The Labute approximate surface area is 141 Å². The minimum Gasteiger partial charge on any atom is -0.496 e. The van der Waals surface area contributed by atoms with E-state index in [2.05, 4.69) is 5.32 Å². The number of hydrogen-bond donors (Lipinski definition) is 1. The molecule has 0 fully saturated rings. The number of hydrogen-bond acceptors (Lipinski definition) is 5. The van der Waals surface area contributed by atoms with Gasteiger partial charge in [0, 0.05) is 17.7 Å². The standard InChI is InChI=1S/C18H21NO5/c1-12(14-6-5-9-24-14)19-18(20)8-7-13-10-16(22-3)17(23-4)11-15(13)21-2/h5-12H,1-4H3,(H,19,20)/b8-7+/t12-/m0/s1. The van der Waals surface area contributed by atoms with E-state index in [-0.39, 0.29) is 11.9 Å². The highest BCUT2D eigenvalue weighted by molar-refractivity contribution is 5.92. The van der Waals surface area contributed by atoms with Crippen molar-refractivity contribution in [2.75, 3.05) is 21.3 Å². The van der Waals surface area contributed by atoms with Gasteiger partial charge in [0.2, 0.25) is 5.91 Å². The largest absolute Gasteiger partial charge is 0.496 e. The number of methoxy groups -OCH3 is 3. The van der Waals surface area contributed by atoms with Crippen LogP contribution in [0.15, 0.2) is 41.0 Å². The van der Waals surface area contributed by atoms with Crippen LogP contribution in [0.5, 0.6) is 17.2 Å². The number of ether oxygens (including phenoxy) is 3. The first kappa shape index (κ1) is 17.5. The number of benzene rings is 1. The second-order valence-electron chi connectivity index (χ2n) is 5.03. The monoisotopic (exact) mass is 331 g/mol. The molecule has 2 rings (SSSR count). The Hall–Kier alpha value is -2.89.